The molecule has 1 aromatic heterocycles. The molecule has 21 heavy (non-hydrogen) atoms. The van der Waals surface area contributed by atoms with Gasteiger partial charge in [0.05, 0.1) is 0 Å². The zero-order valence-electron chi connectivity index (χ0n) is 12.6. The second-order valence-electron chi connectivity index (χ2n) is 5.92. The number of rotatable bonds is 3. The van der Waals surface area contributed by atoms with E-state index < -0.39 is 0 Å². The number of hydrogen-bond acceptors (Lipinski definition) is 6. The lowest BCUT2D eigenvalue weighted by Gasteiger charge is -2.47. The predicted molar refractivity (Wildman–Crippen MR) is 82.3 cm³/mol. The van der Waals surface area contributed by atoms with E-state index in [1.165, 1.54) is 0 Å². The Labute approximate surface area is 126 Å². The maximum atomic E-state index is 6.15. The minimum absolute atomic E-state index is 0.125. The summed E-state index contributed by atoms with van der Waals surface area (Å²) in [6.07, 6.45) is 6.91. The lowest BCUT2D eigenvalue weighted by atomic mass is 9.88. The molecule has 0 amide bonds. The minimum Gasteiger partial charge on any atom is -0.381 e. The Hall–Kier alpha value is -1.24. The fraction of sp³-hybridized carbons (Fsp3) is 0.733. The molecule has 0 spiro atoms. The van der Waals surface area contributed by atoms with Gasteiger partial charge in [-0.3, -0.25) is 4.90 Å². The van der Waals surface area contributed by atoms with Crippen LogP contribution in [0.1, 0.15) is 19.3 Å². The lowest BCUT2D eigenvalue weighted by Crippen LogP contribution is -2.60. The van der Waals surface area contributed by atoms with Crippen LogP contribution in [-0.4, -0.2) is 66.3 Å². The fourth-order valence-corrected chi connectivity index (χ4v) is 3.48. The van der Waals surface area contributed by atoms with Crippen molar-refractivity contribution in [1.29, 1.82) is 0 Å². The molecule has 0 radical (unpaired) electrons. The van der Waals surface area contributed by atoms with E-state index in [9.17, 15) is 0 Å². The molecule has 0 aromatic carbocycles. The molecular weight excluding hydrogens is 266 g/mol. The van der Waals surface area contributed by atoms with Gasteiger partial charge in [0.25, 0.3) is 0 Å². The van der Waals surface area contributed by atoms with Crippen LogP contribution in [0.2, 0.25) is 0 Å². The summed E-state index contributed by atoms with van der Waals surface area (Å²) in [6, 6.07) is 1.86. The maximum Gasteiger partial charge on any atom is 0.225 e. The Morgan fingerprint density at radius 1 is 1.10 bits per heavy atom. The molecule has 0 saturated carbocycles. The molecule has 0 aliphatic carbocycles. The quantitative estimate of drug-likeness (QED) is 0.874. The monoisotopic (exact) mass is 291 g/mol. The summed E-state index contributed by atoms with van der Waals surface area (Å²) in [6.45, 7) is 6.40. The van der Waals surface area contributed by atoms with Gasteiger partial charge in [-0.2, -0.15) is 0 Å². The van der Waals surface area contributed by atoms with Crippen LogP contribution in [0.15, 0.2) is 18.5 Å². The number of anilines is 1. The summed E-state index contributed by atoms with van der Waals surface area (Å²) in [5.41, 5.74) is 6.27. The Kier molecular flexibility index (Phi) is 4.67. The van der Waals surface area contributed by atoms with E-state index in [4.69, 9.17) is 10.5 Å². The third kappa shape index (κ3) is 3.17. The molecule has 6 nitrogen and oxygen atoms in total. The van der Waals surface area contributed by atoms with Gasteiger partial charge in [-0.15, -0.1) is 0 Å². The number of piperazine rings is 1. The largest absolute Gasteiger partial charge is 0.381 e. The molecule has 116 valence electrons. The van der Waals surface area contributed by atoms with Crippen molar-refractivity contribution in [3.8, 4) is 0 Å². The Bertz CT molecular complexity index is 425. The van der Waals surface area contributed by atoms with E-state index in [2.05, 4.69) is 19.8 Å². The van der Waals surface area contributed by atoms with Crippen molar-refractivity contribution in [3.63, 3.8) is 0 Å². The zero-order chi connectivity index (χ0) is 14.5. The smallest absolute Gasteiger partial charge is 0.225 e. The third-order valence-electron chi connectivity index (χ3n) is 4.81. The summed E-state index contributed by atoms with van der Waals surface area (Å²) in [5, 5.41) is 0. The molecule has 1 unspecified atom stereocenters. The lowest BCUT2D eigenvalue weighted by molar-refractivity contribution is 0.0617. The molecule has 2 aliphatic rings. The average molecular weight is 291 g/mol. The molecule has 6 heteroatoms. The van der Waals surface area contributed by atoms with Crippen LogP contribution in [0.4, 0.5) is 5.95 Å². The summed E-state index contributed by atoms with van der Waals surface area (Å²) in [5.74, 6) is 0.836. The molecule has 3 heterocycles. The van der Waals surface area contributed by atoms with E-state index >= 15 is 0 Å². The van der Waals surface area contributed by atoms with Crippen molar-refractivity contribution in [3.05, 3.63) is 18.5 Å². The number of ether oxygens (including phenoxy) is 1. The third-order valence-corrected chi connectivity index (χ3v) is 4.81. The van der Waals surface area contributed by atoms with Crippen LogP contribution < -0.4 is 10.6 Å². The standard InChI is InChI=1S/C15H25N5O/c16-13-15(3-1-11-21-12-4-15)20-9-7-19(8-10-20)14-17-5-2-6-18-14/h2,5-6H,1,3-4,7-13,16H2. The van der Waals surface area contributed by atoms with Crippen LogP contribution in [0.25, 0.3) is 0 Å². The fourth-order valence-electron chi connectivity index (χ4n) is 3.48. The molecule has 2 fully saturated rings. The molecule has 2 N–H and O–H groups in total. The molecular formula is C15H25N5O. The van der Waals surface area contributed by atoms with Gasteiger partial charge in [0.2, 0.25) is 5.95 Å². The summed E-state index contributed by atoms with van der Waals surface area (Å²) in [7, 11) is 0. The van der Waals surface area contributed by atoms with E-state index in [0.29, 0.717) is 0 Å². The Morgan fingerprint density at radius 2 is 1.86 bits per heavy atom. The molecule has 0 bridgehead atoms. The second-order valence-corrected chi connectivity index (χ2v) is 5.92. The summed E-state index contributed by atoms with van der Waals surface area (Å²) >= 11 is 0. The highest BCUT2D eigenvalue weighted by Gasteiger charge is 2.37. The first-order valence-electron chi connectivity index (χ1n) is 7.89. The van der Waals surface area contributed by atoms with Gasteiger partial charge in [0.1, 0.15) is 0 Å². The Balaban J connectivity index is 1.64. The summed E-state index contributed by atoms with van der Waals surface area (Å²) < 4.78 is 5.62. The Morgan fingerprint density at radius 3 is 2.57 bits per heavy atom. The van der Waals surface area contributed by atoms with Crippen LogP contribution in [-0.2, 0) is 4.74 Å². The van der Waals surface area contributed by atoms with E-state index in [1.807, 2.05) is 6.07 Å². The molecule has 1 atom stereocenters. The normalized spacial score (nSPS) is 28.3. The first kappa shape index (κ1) is 14.7. The number of aromatic nitrogens is 2. The van der Waals surface area contributed by atoms with Gasteiger partial charge in [-0.1, -0.05) is 0 Å². The van der Waals surface area contributed by atoms with Crippen molar-refractivity contribution in [2.75, 3.05) is 50.8 Å². The maximum absolute atomic E-state index is 6.15. The first-order valence-corrected chi connectivity index (χ1v) is 7.89. The number of nitrogens with zero attached hydrogens (tertiary/aromatic N) is 4. The highest BCUT2D eigenvalue weighted by molar-refractivity contribution is 5.29. The highest BCUT2D eigenvalue weighted by atomic mass is 16.5. The van der Waals surface area contributed by atoms with Crippen LogP contribution in [0.5, 0.6) is 0 Å². The van der Waals surface area contributed by atoms with Crippen molar-refractivity contribution < 1.29 is 4.74 Å². The van der Waals surface area contributed by atoms with Gasteiger partial charge >= 0.3 is 0 Å². The van der Waals surface area contributed by atoms with Crippen molar-refractivity contribution in [1.82, 2.24) is 14.9 Å². The van der Waals surface area contributed by atoms with Crippen molar-refractivity contribution >= 4 is 5.95 Å². The minimum atomic E-state index is 0.125. The molecule has 2 aliphatic heterocycles. The topological polar surface area (TPSA) is 67.5 Å². The van der Waals surface area contributed by atoms with Gasteiger partial charge in [-0.05, 0) is 25.3 Å². The highest BCUT2D eigenvalue weighted by Crippen LogP contribution is 2.29. The van der Waals surface area contributed by atoms with Gasteiger partial charge in [0.15, 0.2) is 0 Å². The summed E-state index contributed by atoms with van der Waals surface area (Å²) in [4.78, 5) is 13.5. The van der Waals surface area contributed by atoms with E-state index in [1.54, 1.807) is 12.4 Å². The second kappa shape index (κ2) is 6.68. The molecule has 3 rings (SSSR count). The first-order chi connectivity index (χ1) is 10.3. The predicted octanol–water partition coefficient (Wildman–Crippen LogP) is 0.497. The zero-order valence-corrected chi connectivity index (χ0v) is 12.6. The average Bonchev–Trinajstić information content (AvgIpc) is 2.82. The number of hydrogen-bond donors (Lipinski definition) is 1. The van der Waals surface area contributed by atoms with E-state index in [-0.39, 0.29) is 5.54 Å². The molecule has 1 aromatic rings. The van der Waals surface area contributed by atoms with Crippen LogP contribution in [0, 0.1) is 0 Å². The molecule has 2 saturated heterocycles. The SMILES string of the molecule is NCC1(N2CCN(c3ncccn3)CC2)CCCOCC1. The number of nitrogens with two attached hydrogens (primary N) is 1. The van der Waals surface area contributed by atoms with Gasteiger partial charge in [-0.25, -0.2) is 9.97 Å². The van der Waals surface area contributed by atoms with E-state index in [0.717, 1.165) is 71.1 Å². The van der Waals surface area contributed by atoms with Crippen LogP contribution in [0.3, 0.4) is 0 Å². The van der Waals surface area contributed by atoms with Crippen molar-refractivity contribution in [2.45, 2.75) is 24.8 Å². The van der Waals surface area contributed by atoms with Crippen molar-refractivity contribution in [2.24, 2.45) is 5.73 Å². The van der Waals surface area contributed by atoms with Crippen LogP contribution >= 0.6 is 0 Å². The van der Waals surface area contributed by atoms with Gasteiger partial charge in [0, 0.05) is 63.9 Å². The van der Waals surface area contributed by atoms with Gasteiger partial charge < -0.3 is 15.4 Å².